The van der Waals surface area contributed by atoms with Crippen molar-refractivity contribution in [3.8, 4) is 0 Å². The van der Waals surface area contributed by atoms with Gasteiger partial charge in [0, 0.05) is 5.56 Å². The van der Waals surface area contributed by atoms with Crippen molar-refractivity contribution in [1.29, 1.82) is 5.41 Å². The SMILES string of the molecule is CCOC(=O)CC(CCc1ccc(C(=N)N)cc1)(C(=O)OCC)C(=O)OCC.Cl. The molecule has 0 spiro atoms. The Labute approximate surface area is 177 Å². The molecule has 1 rings (SSSR count). The molecule has 0 aliphatic carbocycles. The largest absolute Gasteiger partial charge is 0.466 e. The molecule has 162 valence electrons. The van der Waals surface area contributed by atoms with Crippen LogP contribution in [-0.2, 0) is 35.0 Å². The number of hydrogen-bond acceptors (Lipinski definition) is 7. The van der Waals surface area contributed by atoms with Crippen LogP contribution in [0.1, 0.15) is 44.7 Å². The summed E-state index contributed by atoms with van der Waals surface area (Å²) < 4.78 is 15.2. The number of aryl methyl sites for hydroxylation is 1. The van der Waals surface area contributed by atoms with Crippen molar-refractivity contribution in [2.24, 2.45) is 11.1 Å². The summed E-state index contributed by atoms with van der Waals surface area (Å²) in [6.45, 7) is 5.15. The van der Waals surface area contributed by atoms with Crippen molar-refractivity contribution < 1.29 is 28.6 Å². The molecule has 1 aromatic carbocycles. The summed E-state index contributed by atoms with van der Waals surface area (Å²) in [6.07, 6.45) is -0.123. The van der Waals surface area contributed by atoms with E-state index in [1.54, 1.807) is 45.0 Å². The Morgan fingerprint density at radius 2 is 1.41 bits per heavy atom. The number of carbonyl (C=O) groups is 3. The predicted molar refractivity (Wildman–Crippen MR) is 110 cm³/mol. The molecule has 3 N–H and O–H groups in total. The smallest absolute Gasteiger partial charge is 0.324 e. The molecule has 0 unspecified atom stereocenters. The maximum atomic E-state index is 12.7. The Balaban J connectivity index is 0.00000784. The summed E-state index contributed by atoms with van der Waals surface area (Å²) in [6, 6.07) is 6.86. The number of nitrogens with two attached hydrogens (primary N) is 1. The van der Waals surface area contributed by atoms with Gasteiger partial charge in [-0.1, -0.05) is 24.3 Å². The number of ether oxygens (including phenoxy) is 3. The molecule has 0 bridgehead atoms. The summed E-state index contributed by atoms with van der Waals surface area (Å²) in [5.41, 5.74) is 5.04. The van der Waals surface area contributed by atoms with Gasteiger partial charge in [0.15, 0.2) is 5.41 Å². The van der Waals surface area contributed by atoms with Gasteiger partial charge in [0.2, 0.25) is 0 Å². The van der Waals surface area contributed by atoms with E-state index < -0.39 is 29.7 Å². The fourth-order valence-corrected chi connectivity index (χ4v) is 2.73. The van der Waals surface area contributed by atoms with Gasteiger partial charge in [-0.05, 0) is 39.2 Å². The minimum atomic E-state index is -1.78. The molecule has 0 saturated carbocycles. The number of halogens is 1. The van der Waals surface area contributed by atoms with Crippen LogP contribution in [0.5, 0.6) is 0 Å². The van der Waals surface area contributed by atoms with Gasteiger partial charge >= 0.3 is 17.9 Å². The van der Waals surface area contributed by atoms with E-state index in [1.807, 2.05) is 0 Å². The Hall–Kier alpha value is -2.61. The Kier molecular flexibility index (Phi) is 11.6. The van der Waals surface area contributed by atoms with Crippen LogP contribution in [0.25, 0.3) is 0 Å². The van der Waals surface area contributed by atoms with Gasteiger partial charge in [0.05, 0.1) is 26.2 Å². The van der Waals surface area contributed by atoms with Gasteiger partial charge in [-0.2, -0.15) is 0 Å². The Morgan fingerprint density at radius 1 is 0.931 bits per heavy atom. The highest BCUT2D eigenvalue weighted by Crippen LogP contribution is 2.33. The van der Waals surface area contributed by atoms with Crippen molar-refractivity contribution in [2.45, 2.75) is 40.0 Å². The normalized spacial score (nSPS) is 10.4. The number of hydrogen-bond donors (Lipinski definition) is 2. The van der Waals surface area contributed by atoms with Gasteiger partial charge in [-0.25, -0.2) is 0 Å². The van der Waals surface area contributed by atoms with E-state index in [0.29, 0.717) is 12.0 Å². The number of nitrogen functional groups attached to an aromatic ring is 1. The first kappa shape index (κ1) is 26.4. The lowest BCUT2D eigenvalue weighted by atomic mass is 9.78. The number of amidine groups is 1. The second kappa shape index (κ2) is 12.8. The molecule has 8 nitrogen and oxygen atoms in total. The first-order valence-corrected chi connectivity index (χ1v) is 9.24. The molecule has 1 aromatic rings. The lowest BCUT2D eigenvalue weighted by molar-refractivity contribution is -0.177. The summed E-state index contributed by atoms with van der Waals surface area (Å²) >= 11 is 0. The van der Waals surface area contributed by atoms with Crippen LogP contribution in [0, 0.1) is 10.8 Å². The van der Waals surface area contributed by atoms with E-state index >= 15 is 0 Å². The van der Waals surface area contributed by atoms with Crippen LogP contribution in [0.3, 0.4) is 0 Å². The Morgan fingerprint density at radius 3 is 1.83 bits per heavy atom. The number of benzene rings is 1. The summed E-state index contributed by atoms with van der Waals surface area (Å²) in [5, 5.41) is 7.43. The second-order valence-corrected chi connectivity index (χ2v) is 6.12. The second-order valence-electron chi connectivity index (χ2n) is 6.12. The number of rotatable bonds is 11. The van der Waals surface area contributed by atoms with Gasteiger partial charge in [0.1, 0.15) is 5.84 Å². The van der Waals surface area contributed by atoms with Crippen LogP contribution < -0.4 is 5.73 Å². The third kappa shape index (κ3) is 7.38. The minimum absolute atomic E-state index is 0. The molecule has 0 aromatic heterocycles. The van der Waals surface area contributed by atoms with Gasteiger partial charge in [-0.15, -0.1) is 12.4 Å². The highest BCUT2D eigenvalue weighted by atomic mass is 35.5. The van der Waals surface area contributed by atoms with Crippen LogP contribution in [0.4, 0.5) is 0 Å². The highest BCUT2D eigenvalue weighted by Gasteiger charge is 2.50. The summed E-state index contributed by atoms with van der Waals surface area (Å²) in [7, 11) is 0. The van der Waals surface area contributed by atoms with Gasteiger partial charge in [-0.3, -0.25) is 19.8 Å². The zero-order valence-electron chi connectivity index (χ0n) is 17.0. The molecule has 0 atom stereocenters. The molecule has 0 saturated heterocycles. The average Bonchev–Trinajstić information content (AvgIpc) is 2.66. The predicted octanol–water partition coefficient (Wildman–Crippen LogP) is 2.39. The maximum absolute atomic E-state index is 12.7. The average molecular weight is 429 g/mol. The number of carbonyl (C=O) groups excluding carboxylic acids is 3. The quantitative estimate of drug-likeness (QED) is 0.182. The lowest BCUT2D eigenvalue weighted by Crippen LogP contribution is -2.44. The van der Waals surface area contributed by atoms with Crippen LogP contribution >= 0.6 is 12.4 Å². The molecule has 0 radical (unpaired) electrons. The maximum Gasteiger partial charge on any atom is 0.324 e. The minimum Gasteiger partial charge on any atom is -0.466 e. The molecule has 0 aliphatic heterocycles. The van der Waals surface area contributed by atoms with E-state index in [2.05, 4.69) is 0 Å². The Bertz CT molecular complexity index is 687. The van der Waals surface area contributed by atoms with Crippen LogP contribution in [0.2, 0.25) is 0 Å². The van der Waals surface area contributed by atoms with Gasteiger partial charge < -0.3 is 19.9 Å². The molecular formula is C20H29ClN2O6. The van der Waals surface area contributed by atoms with E-state index in [-0.39, 0.29) is 44.5 Å². The molecule has 0 heterocycles. The number of nitrogens with one attached hydrogen (secondary N) is 1. The van der Waals surface area contributed by atoms with E-state index in [4.69, 9.17) is 25.4 Å². The first-order valence-electron chi connectivity index (χ1n) is 9.24. The standard InChI is InChI=1S/C20H28N2O6.ClH/c1-4-26-16(23)13-20(18(24)27-5-2,19(25)28-6-3)12-11-14-7-9-15(10-8-14)17(21)22;/h7-10H,4-6,11-13H2,1-3H3,(H3,21,22);1H. The fraction of sp³-hybridized carbons (Fsp3) is 0.500. The lowest BCUT2D eigenvalue weighted by Gasteiger charge is -2.28. The molecule has 29 heavy (non-hydrogen) atoms. The van der Waals surface area contributed by atoms with E-state index in [0.717, 1.165) is 5.56 Å². The van der Waals surface area contributed by atoms with Crippen molar-refractivity contribution in [2.75, 3.05) is 19.8 Å². The monoisotopic (exact) mass is 428 g/mol. The van der Waals surface area contributed by atoms with E-state index in [9.17, 15) is 14.4 Å². The van der Waals surface area contributed by atoms with Crippen LogP contribution in [-0.4, -0.2) is 43.6 Å². The summed E-state index contributed by atoms with van der Waals surface area (Å²) in [5.74, 6) is -2.33. The topological polar surface area (TPSA) is 129 Å². The highest BCUT2D eigenvalue weighted by molar-refractivity contribution is 6.03. The molecule has 0 amide bonds. The van der Waals surface area contributed by atoms with Crippen molar-refractivity contribution in [1.82, 2.24) is 0 Å². The third-order valence-corrected chi connectivity index (χ3v) is 4.19. The number of esters is 3. The summed E-state index contributed by atoms with van der Waals surface area (Å²) in [4.78, 5) is 37.6. The zero-order valence-corrected chi connectivity index (χ0v) is 17.8. The van der Waals surface area contributed by atoms with Gasteiger partial charge in [0.25, 0.3) is 0 Å². The van der Waals surface area contributed by atoms with Crippen molar-refractivity contribution in [3.63, 3.8) is 0 Å². The molecular weight excluding hydrogens is 400 g/mol. The van der Waals surface area contributed by atoms with Crippen LogP contribution in [0.15, 0.2) is 24.3 Å². The molecule has 0 fully saturated rings. The van der Waals surface area contributed by atoms with Crippen molar-refractivity contribution >= 4 is 36.2 Å². The molecule has 9 heteroatoms. The van der Waals surface area contributed by atoms with Crippen molar-refractivity contribution in [3.05, 3.63) is 35.4 Å². The third-order valence-electron chi connectivity index (χ3n) is 4.19. The van der Waals surface area contributed by atoms with E-state index in [1.165, 1.54) is 0 Å². The molecule has 0 aliphatic rings. The fourth-order valence-electron chi connectivity index (χ4n) is 2.73. The zero-order chi connectivity index (χ0) is 21.2. The first-order chi connectivity index (χ1) is 13.3.